The molecule has 0 bridgehead atoms. The van der Waals surface area contributed by atoms with Crippen LogP contribution in [-0.2, 0) is 9.53 Å². The van der Waals surface area contributed by atoms with Gasteiger partial charge in [0.1, 0.15) is 10.6 Å². The van der Waals surface area contributed by atoms with Crippen LogP contribution in [0.1, 0.15) is 22.4 Å². The molecule has 1 atom stereocenters. The molecule has 3 rings (SSSR count). The zero-order chi connectivity index (χ0) is 17.1. The number of amides is 1. The van der Waals surface area contributed by atoms with Crippen LogP contribution in [0.3, 0.4) is 0 Å². The highest BCUT2D eigenvalue weighted by Crippen LogP contribution is 2.23. The minimum atomic E-state index is -0.964. The molecule has 0 aliphatic rings. The van der Waals surface area contributed by atoms with Gasteiger partial charge in [-0.15, -0.1) is 11.3 Å². The molecule has 0 radical (unpaired) electrons. The Labute approximate surface area is 141 Å². The fraction of sp³-hybridized carbons (Fsp3) is 0.188. The van der Waals surface area contributed by atoms with Gasteiger partial charge in [0.2, 0.25) is 0 Å². The molecule has 3 heterocycles. The van der Waals surface area contributed by atoms with Crippen LogP contribution in [0.2, 0.25) is 0 Å². The second kappa shape index (κ2) is 6.71. The van der Waals surface area contributed by atoms with Crippen molar-refractivity contribution in [3.8, 4) is 5.69 Å². The van der Waals surface area contributed by atoms with Gasteiger partial charge in [0.25, 0.3) is 5.91 Å². The molecule has 0 unspecified atom stereocenters. The van der Waals surface area contributed by atoms with Crippen molar-refractivity contribution in [3.63, 3.8) is 0 Å². The van der Waals surface area contributed by atoms with Gasteiger partial charge in [-0.1, -0.05) is 5.16 Å². The minimum absolute atomic E-state index is 0.282. The van der Waals surface area contributed by atoms with E-state index in [1.165, 1.54) is 18.3 Å². The summed E-state index contributed by atoms with van der Waals surface area (Å²) < 4.78 is 11.9. The predicted octanol–water partition coefficient (Wildman–Crippen LogP) is 3.02. The van der Waals surface area contributed by atoms with E-state index < -0.39 is 18.0 Å². The Morgan fingerprint density at radius 1 is 1.38 bits per heavy atom. The molecule has 8 heteroatoms. The number of anilines is 1. The number of nitrogens with zero attached hydrogens (tertiary/aromatic N) is 2. The standard InChI is InChI=1S/C16H15N3O4S/c1-10-9-13(18-23-10)17-15(20)11(2)22-16(21)14-12(5-8-24-14)19-6-3-4-7-19/h3-9,11H,1-2H3,(H,17,18,20)/t11-/m1/s1. The zero-order valence-corrected chi connectivity index (χ0v) is 13.9. The SMILES string of the molecule is Cc1cc(NC(=O)[C@@H](C)OC(=O)c2sccc2-n2cccc2)no1. The zero-order valence-electron chi connectivity index (χ0n) is 13.1. The maximum Gasteiger partial charge on any atom is 0.351 e. The van der Waals surface area contributed by atoms with Crippen molar-refractivity contribution in [1.29, 1.82) is 0 Å². The highest BCUT2D eigenvalue weighted by atomic mass is 32.1. The molecule has 124 valence electrons. The fourth-order valence-corrected chi connectivity index (χ4v) is 2.85. The van der Waals surface area contributed by atoms with Crippen LogP contribution in [0.25, 0.3) is 5.69 Å². The lowest BCUT2D eigenvalue weighted by Gasteiger charge is -2.12. The summed E-state index contributed by atoms with van der Waals surface area (Å²) in [5.41, 5.74) is 0.717. The average molecular weight is 345 g/mol. The van der Waals surface area contributed by atoms with Crippen LogP contribution >= 0.6 is 11.3 Å². The van der Waals surface area contributed by atoms with Gasteiger partial charge in [-0.3, -0.25) is 4.79 Å². The Morgan fingerprint density at radius 2 is 2.12 bits per heavy atom. The third-order valence-corrected chi connectivity index (χ3v) is 4.13. The van der Waals surface area contributed by atoms with E-state index in [4.69, 9.17) is 9.26 Å². The minimum Gasteiger partial charge on any atom is -0.448 e. The van der Waals surface area contributed by atoms with E-state index in [1.807, 2.05) is 35.2 Å². The second-order valence-corrected chi connectivity index (χ2v) is 6.00. The van der Waals surface area contributed by atoms with E-state index in [-0.39, 0.29) is 5.82 Å². The highest BCUT2D eigenvalue weighted by Gasteiger charge is 2.23. The van der Waals surface area contributed by atoms with Crippen LogP contribution < -0.4 is 5.32 Å². The first-order valence-corrected chi connectivity index (χ1v) is 8.08. The number of aromatic nitrogens is 2. The molecule has 0 aliphatic carbocycles. The number of hydrogen-bond acceptors (Lipinski definition) is 6. The number of carbonyl (C=O) groups is 2. The Bertz CT molecular complexity index is 850. The van der Waals surface area contributed by atoms with E-state index in [0.717, 1.165) is 5.69 Å². The molecule has 24 heavy (non-hydrogen) atoms. The molecule has 3 aromatic rings. The first-order valence-electron chi connectivity index (χ1n) is 7.20. The molecule has 3 aromatic heterocycles. The molecule has 0 spiro atoms. The van der Waals surface area contributed by atoms with Crippen LogP contribution in [0.4, 0.5) is 5.82 Å². The van der Waals surface area contributed by atoms with Crippen LogP contribution in [0.5, 0.6) is 0 Å². The van der Waals surface area contributed by atoms with Gasteiger partial charge < -0.3 is 19.1 Å². The smallest absolute Gasteiger partial charge is 0.351 e. The monoisotopic (exact) mass is 345 g/mol. The van der Waals surface area contributed by atoms with Gasteiger partial charge in [0, 0.05) is 18.5 Å². The van der Waals surface area contributed by atoms with E-state index >= 15 is 0 Å². The number of esters is 1. The number of rotatable bonds is 5. The summed E-state index contributed by atoms with van der Waals surface area (Å²) in [6.45, 7) is 3.22. The number of ether oxygens (including phenoxy) is 1. The van der Waals surface area contributed by atoms with E-state index in [9.17, 15) is 9.59 Å². The highest BCUT2D eigenvalue weighted by molar-refractivity contribution is 7.12. The van der Waals surface area contributed by atoms with Gasteiger partial charge in [0.05, 0.1) is 5.69 Å². The Kier molecular flexibility index (Phi) is 4.48. The normalized spacial score (nSPS) is 11.9. The van der Waals surface area contributed by atoms with Gasteiger partial charge in [0.15, 0.2) is 11.9 Å². The first kappa shape index (κ1) is 16.0. The summed E-state index contributed by atoms with van der Waals surface area (Å²) in [5, 5.41) is 8.00. The quantitative estimate of drug-likeness (QED) is 0.718. The molecule has 0 saturated carbocycles. The van der Waals surface area contributed by atoms with Gasteiger partial charge >= 0.3 is 5.97 Å². The maximum absolute atomic E-state index is 12.4. The fourth-order valence-electron chi connectivity index (χ4n) is 2.07. The first-order chi connectivity index (χ1) is 11.5. The third-order valence-electron chi connectivity index (χ3n) is 3.24. The van der Waals surface area contributed by atoms with E-state index in [1.54, 1.807) is 18.4 Å². The summed E-state index contributed by atoms with van der Waals surface area (Å²) in [6, 6.07) is 7.13. The molecular formula is C16H15N3O4S. The summed E-state index contributed by atoms with van der Waals surface area (Å²) in [4.78, 5) is 24.9. The molecule has 0 aliphatic heterocycles. The molecule has 7 nitrogen and oxygen atoms in total. The molecule has 0 fully saturated rings. The molecular weight excluding hydrogens is 330 g/mol. The molecule has 0 aromatic carbocycles. The third kappa shape index (κ3) is 3.38. The van der Waals surface area contributed by atoms with Crippen LogP contribution in [-0.4, -0.2) is 27.7 Å². The van der Waals surface area contributed by atoms with Crippen molar-refractivity contribution in [2.24, 2.45) is 0 Å². The van der Waals surface area contributed by atoms with Gasteiger partial charge in [-0.05, 0) is 37.4 Å². The van der Waals surface area contributed by atoms with Crippen molar-refractivity contribution in [2.75, 3.05) is 5.32 Å². The molecule has 1 amide bonds. The van der Waals surface area contributed by atoms with Crippen molar-refractivity contribution in [3.05, 3.63) is 52.7 Å². The second-order valence-electron chi connectivity index (χ2n) is 5.08. The number of aryl methyl sites for hydroxylation is 1. The number of hydrogen-bond donors (Lipinski definition) is 1. The number of thiophene rings is 1. The maximum atomic E-state index is 12.4. The number of nitrogens with one attached hydrogen (secondary N) is 1. The Hall–Kier alpha value is -2.87. The van der Waals surface area contributed by atoms with Crippen molar-refractivity contribution in [1.82, 2.24) is 9.72 Å². The predicted molar refractivity (Wildman–Crippen MR) is 88.4 cm³/mol. The lowest BCUT2D eigenvalue weighted by atomic mass is 10.3. The number of carbonyl (C=O) groups excluding carboxylic acids is 2. The lowest BCUT2D eigenvalue weighted by molar-refractivity contribution is -0.123. The van der Waals surface area contributed by atoms with Crippen LogP contribution in [0, 0.1) is 6.92 Å². The average Bonchev–Trinajstić information content (AvgIpc) is 3.27. The summed E-state index contributed by atoms with van der Waals surface area (Å²) in [6.07, 6.45) is 2.71. The Balaban J connectivity index is 1.66. The largest absolute Gasteiger partial charge is 0.448 e. The van der Waals surface area contributed by atoms with E-state index in [0.29, 0.717) is 10.6 Å². The van der Waals surface area contributed by atoms with Gasteiger partial charge in [-0.25, -0.2) is 4.79 Å². The summed E-state index contributed by atoms with van der Waals surface area (Å²) >= 11 is 1.26. The van der Waals surface area contributed by atoms with Gasteiger partial charge in [-0.2, -0.15) is 0 Å². The van der Waals surface area contributed by atoms with Crippen molar-refractivity contribution >= 4 is 29.0 Å². The van der Waals surface area contributed by atoms with E-state index in [2.05, 4.69) is 10.5 Å². The lowest BCUT2D eigenvalue weighted by Crippen LogP contribution is -2.30. The Morgan fingerprint density at radius 3 is 2.79 bits per heavy atom. The topological polar surface area (TPSA) is 86.4 Å². The summed E-state index contributed by atoms with van der Waals surface area (Å²) in [7, 11) is 0. The summed E-state index contributed by atoms with van der Waals surface area (Å²) in [5.74, 6) is -0.169. The van der Waals surface area contributed by atoms with Crippen molar-refractivity contribution in [2.45, 2.75) is 20.0 Å². The molecule has 1 N–H and O–H groups in total. The van der Waals surface area contributed by atoms with Crippen LogP contribution in [0.15, 0.2) is 46.6 Å². The molecule has 0 saturated heterocycles. The van der Waals surface area contributed by atoms with Crippen molar-refractivity contribution < 1.29 is 18.8 Å².